The molecule has 0 unspecified atom stereocenters. The molecule has 0 radical (unpaired) electrons. The molecule has 2 aromatic heterocycles. The van der Waals surface area contributed by atoms with Gasteiger partial charge in [-0.1, -0.05) is 20.8 Å². The molecule has 2 aromatic rings. The molecule has 0 bridgehead atoms. The molecule has 0 spiro atoms. The minimum absolute atomic E-state index is 0. The molecule has 222 valence electrons. The maximum absolute atomic E-state index is 12.3. The molecule has 3 rings (SSSR count). The van der Waals surface area contributed by atoms with E-state index < -0.39 is 12.2 Å². The van der Waals surface area contributed by atoms with Crippen LogP contribution in [0, 0.1) is 5.41 Å². The van der Waals surface area contributed by atoms with Crippen LogP contribution < -0.4 is 39.2 Å². The summed E-state index contributed by atoms with van der Waals surface area (Å²) in [4.78, 5) is 36.7. The van der Waals surface area contributed by atoms with Crippen LogP contribution in [0.3, 0.4) is 0 Å². The Labute approximate surface area is 254 Å². The number of nitrogens with one attached hydrogen (secondary N) is 2. The van der Waals surface area contributed by atoms with Gasteiger partial charge in [0.25, 0.3) is 6.73 Å². The first-order valence-electron chi connectivity index (χ1n) is 13.6. The number of rotatable bonds is 10. The molecule has 1 aliphatic rings. The molecule has 11 heteroatoms. The highest BCUT2D eigenvalue weighted by atomic mass is 127. The van der Waals surface area contributed by atoms with Crippen LogP contribution in [0.1, 0.15) is 78.1 Å². The molecule has 40 heavy (non-hydrogen) atoms. The maximum Gasteiger partial charge on any atom is 0.407 e. The van der Waals surface area contributed by atoms with E-state index in [-0.39, 0.29) is 67.4 Å². The summed E-state index contributed by atoms with van der Waals surface area (Å²) < 4.78 is 20.6. The minimum atomic E-state index is -0.505. The van der Waals surface area contributed by atoms with Crippen molar-refractivity contribution in [3.05, 3.63) is 41.3 Å². The summed E-state index contributed by atoms with van der Waals surface area (Å²) in [6, 6.07) is 3.80. The Bertz CT molecular complexity index is 1170. The van der Waals surface area contributed by atoms with Gasteiger partial charge >= 0.3 is 18.2 Å². The average molecular weight is 671 g/mol. The molecule has 0 aromatic carbocycles. The van der Waals surface area contributed by atoms with Gasteiger partial charge in [0.05, 0.1) is 12.1 Å². The van der Waals surface area contributed by atoms with Gasteiger partial charge in [-0.15, -0.1) is 0 Å². The summed E-state index contributed by atoms with van der Waals surface area (Å²) in [5, 5.41) is 5.50. The largest absolute Gasteiger partial charge is 1.00 e. The number of pyridine rings is 1. The number of ether oxygens (including phenoxy) is 3. The molecule has 0 aliphatic carbocycles. The summed E-state index contributed by atoms with van der Waals surface area (Å²) in [5.74, 6) is -0.242. The van der Waals surface area contributed by atoms with Crippen LogP contribution in [-0.2, 0) is 51.9 Å². The topological polar surface area (TPSA) is 112 Å². The molecule has 0 atom stereocenters. The number of alkyl carbamates (subject to hydrolysis) is 2. The highest BCUT2D eigenvalue weighted by Gasteiger charge is 2.29. The fourth-order valence-electron chi connectivity index (χ4n) is 4.53. The van der Waals surface area contributed by atoms with E-state index in [0.29, 0.717) is 6.42 Å². The normalized spacial score (nSPS) is 12.5. The maximum atomic E-state index is 12.3. The van der Waals surface area contributed by atoms with E-state index in [1.807, 2.05) is 73.0 Å². The Morgan fingerprint density at radius 2 is 1.48 bits per heavy atom. The Balaban J connectivity index is 0.00000560. The number of fused-ring (bicyclic) bond motifs is 1. The average Bonchev–Trinajstić information content (AvgIpc) is 3.39. The predicted molar refractivity (Wildman–Crippen MR) is 145 cm³/mol. The number of carbonyl (C=O) groups excluding carboxylic acids is 3. The second kappa shape index (κ2) is 14.7. The predicted octanol–water partition coefficient (Wildman–Crippen LogP) is 1.60. The lowest BCUT2D eigenvalue weighted by atomic mass is 9.93. The number of nitrogens with zero attached hydrogens (tertiary/aromatic N) is 2. The van der Waals surface area contributed by atoms with Gasteiger partial charge in [0.2, 0.25) is 0 Å². The van der Waals surface area contributed by atoms with Crippen LogP contribution in [0.15, 0.2) is 24.5 Å². The van der Waals surface area contributed by atoms with Crippen molar-refractivity contribution < 1.29 is 57.1 Å². The molecule has 2 amide bonds. The van der Waals surface area contributed by atoms with Crippen LogP contribution in [0.5, 0.6) is 0 Å². The molecule has 3 heterocycles. The van der Waals surface area contributed by atoms with E-state index in [0.717, 1.165) is 47.5 Å². The third-order valence-corrected chi connectivity index (χ3v) is 6.11. The lowest BCUT2D eigenvalue weighted by molar-refractivity contribution is -0.727. The molecule has 10 nitrogen and oxygen atoms in total. The van der Waals surface area contributed by atoms with Gasteiger partial charge in [-0.2, -0.15) is 4.57 Å². The molecule has 1 aliphatic heterocycles. The quantitative estimate of drug-likeness (QED) is 0.172. The van der Waals surface area contributed by atoms with E-state index in [4.69, 9.17) is 14.2 Å². The lowest BCUT2D eigenvalue weighted by Crippen LogP contribution is -3.00. The lowest BCUT2D eigenvalue weighted by Gasteiger charge is -2.15. The number of carbonyl (C=O) groups is 3. The van der Waals surface area contributed by atoms with Crippen LogP contribution >= 0.6 is 0 Å². The molecular weight excluding hydrogens is 627 g/mol. The van der Waals surface area contributed by atoms with Crippen LogP contribution in [0.25, 0.3) is 11.3 Å². The third kappa shape index (κ3) is 9.67. The van der Waals surface area contributed by atoms with Gasteiger partial charge in [-0.3, -0.25) is 4.79 Å². The summed E-state index contributed by atoms with van der Waals surface area (Å²) in [5.41, 5.74) is 4.48. The Morgan fingerprint density at radius 1 is 0.925 bits per heavy atom. The van der Waals surface area contributed by atoms with Crippen LogP contribution in [0.2, 0.25) is 0 Å². The van der Waals surface area contributed by atoms with Gasteiger partial charge in [-0.25, -0.2) is 9.59 Å². The summed E-state index contributed by atoms with van der Waals surface area (Å²) >= 11 is 0. The number of hydrogen-bond donors (Lipinski definition) is 2. The highest BCUT2D eigenvalue weighted by molar-refractivity contribution is 5.71. The molecule has 0 saturated heterocycles. The third-order valence-electron chi connectivity index (χ3n) is 6.11. The van der Waals surface area contributed by atoms with Crippen molar-refractivity contribution in [2.45, 2.75) is 106 Å². The number of hydrogen-bond acceptors (Lipinski definition) is 6. The number of halogens is 1. The Morgan fingerprint density at radius 3 is 2.00 bits per heavy atom. The summed E-state index contributed by atoms with van der Waals surface area (Å²) in [6.07, 6.45) is 4.87. The van der Waals surface area contributed by atoms with Crippen LogP contribution in [0.4, 0.5) is 9.59 Å². The van der Waals surface area contributed by atoms with Crippen molar-refractivity contribution in [1.29, 1.82) is 0 Å². The van der Waals surface area contributed by atoms with Gasteiger partial charge in [0, 0.05) is 53.1 Å². The zero-order valence-corrected chi connectivity index (χ0v) is 26.8. The molecule has 2 N–H and O–H groups in total. The fourth-order valence-corrected chi connectivity index (χ4v) is 4.53. The van der Waals surface area contributed by atoms with Crippen molar-refractivity contribution >= 4 is 18.2 Å². The van der Waals surface area contributed by atoms with Gasteiger partial charge in [-0.05, 0) is 46.0 Å². The van der Waals surface area contributed by atoms with E-state index in [1.54, 1.807) is 4.57 Å². The van der Waals surface area contributed by atoms with E-state index in [1.165, 1.54) is 0 Å². The van der Waals surface area contributed by atoms with Crippen molar-refractivity contribution in [2.75, 3.05) is 0 Å². The second-order valence-corrected chi connectivity index (χ2v) is 11.7. The Hall–Kier alpha value is -2.83. The van der Waals surface area contributed by atoms with E-state index in [9.17, 15) is 14.4 Å². The van der Waals surface area contributed by atoms with Crippen molar-refractivity contribution in [2.24, 2.45) is 5.41 Å². The van der Waals surface area contributed by atoms with Crippen molar-refractivity contribution in [3.63, 3.8) is 0 Å². The SMILES string of the molecule is CC(C)NC(=O)OCc1c(COC(=O)NC(C)C)c(-c2cc[n+](COC(=O)CC(C)(C)C)cc2)n2c1CCC2.[I-]. The Kier molecular flexibility index (Phi) is 12.3. The standard InChI is InChI=1S/C29H42N4O6.HI/c1-19(2)30-27(35)37-16-22-23(17-38-28(36)31-20(3)4)26(33-12-8-9-24(22)33)21-10-13-32(14-11-21)18-39-25(34)15-29(5,6)7;/h10-11,13-14,19-20H,8-9,12,15-18H2,1-7H3,(H-,30,31,35,36);1H. The molecular formula is C29H43IN4O6. The smallest absolute Gasteiger partial charge is 0.407 e. The van der Waals surface area contributed by atoms with Gasteiger partial charge < -0.3 is 53.4 Å². The molecule has 0 saturated carbocycles. The first kappa shape index (κ1) is 33.4. The zero-order chi connectivity index (χ0) is 28.7. The first-order chi connectivity index (χ1) is 18.3. The summed E-state index contributed by atoms with van der Waals surface area (Å²) in [7, 11) is 0. The van der Waals surface area contributed by atoms with Crippen molar-refractivity contribution in [3.8, 4) is 11.3 Å². The van der Waals surface area contributed by atoms with E-state index in [2.05, 4.69) is 15.2 Å². The zero-order valence-electron chi connectivity index (χ0n) is 24.6. The first-order valence-corrected chi connectivity index (χ1v) is 13.6. The van der Waals surface area contributed by atoms with E-state index >= 15 is 0 Å². The number of amides is 2. The van der Waals surface area contributed by atoms with Crippen molar-refractivity contribution in [1.82, 2.24) is 15.2 Å². The fraction of sp³-hybridized carbons (Fsp3) is 0.586. The molecule has 0 fully saturated rings. The van der Waals surface area contributed by atoms with Gasteiger partial charge in [0.15, 0.2) is 12.4 Å². The number of aromatic nitrogens is 2. The van der Waals surface area contributed by atoms with Gasteiger partial charge in [0.1, 0.15) is 13.2 Å². The summed E-state index contributed by atoms with van der Waals surface area (Å²) in [6.45, 7) is 14.5. The van der Waals surface area contributed by atoms with Crippen LogP contribution in [-0.4, -0.2) is 34.8 Å². The highest BCUT2D eigenvalue weighted by Crippen LogP contribution is 2.37. The minimum Gasteiger partial charge on any atom is -1.00 e. The monoisotopic (exact) mass is 670 g/mol. The second-order valence-electron chi connectivity index (χ2n) is 11.7. The number of esters is 1.